The number of rotatable bonds is 5. The van der Waals surface area contributed by atoms with Gasteiger partial charge in [0.05, 0.1) is 113 Å². The van der Waals surface area contributed by atoms with Crippen LogP contribution in [0.4, 0.5) is 0 Å². The highest BCUT2D eigenvalue weighted by Gasteiger charge is 2.64. The fourth-order valence-electron chi connectivity index (χ4n) is 16.4. The van der Waals surface area contributed by atoms with Gasteiger partial charge in [0.1, 0.15) is 30.5 Å². The summed E-state index contributed by atoms with van der Waals surface area (Å²) in [7, 11) is 0. The maximum atomic E-state index is 13.5. The fraction of sp³-hybridized carbons (Fsp3) is 0.662. The third kappa shape index (κ3) is 9.26. The van der Waals surface area contributed by atoms with Crippen LogP contribution in [-0.4, -0.2) is 155 Å². The van der Waals surface area contributed by atoms with Gasteiger partial charge in [-0.05, 0) is 130 Å². The molecule has 1 N–H and O–H groups in total. The Labute approximate surface area is 469 Å². The minimum absolute atomic E-state index is 0.0408. The van der Waals surface area contributed by atoms with E-state index >= 15 is 0 Å². The van der Waals surface area contributed by atoms with Crippen LogP contribution >= 0.6 is 0 Å². The number of carbonyl (C=O) groups excluding carboxylic acids is 2. The Morgan fingerprint density at radius 1 is 0.688 bits per heavy atom. The number of aliphatic hydroxyl groups is 1. The van der Waals surface area contributed by atoms with Crippen LogP contribution in [0.3, 0.4) is 0 Å². The SMILES string of the molecule is C=C(COC(=O)c1cccc2cc3ccccc3cc12)CC1CC(O)C2(C)OC3CC4OC5CC6(C)OC7(C)CCC8OC9CC%10(C)OC%11C(C)=CC(=O)OC%11CC%10OC9CC(C)C8OC7CC6OC5(C)C/C=C\C4OC3CC2O1. The van der Waals surface area contributed by atoms with Gasteiger partial charge in [-0.3, -0.25) is 0 Å². The molecule has 15 nitrogen and oxygen atoms in total. The molecule has 0 radical (unpaired) electrons. The van der Waals surface area contributed by atoms with Crippen LogP contribution in [0.2, 0.25) is 0 Å². The smallest absolute Gasteiger partial charge is 0.339 e. The van der Waals surface area contributed by atoms with Gasteiger partial charge in [-0.1, -0.05) is 62.1 Å². The number of carbonyl (C=O) groups is 2. The van der Waals surface area contributed by atoms with Crippen LogP contribution in [0.1, 0.15) is 136 Å². The molecule has 0 saturated carbocycles. The van der Waals surface area contributed by atoms with E-state index in [4.69, 9.17) is 56.8 Å². The lowest BCUT2D eigenvalue weighted by Crippen LogP contribution is -2.70. The van der Waals surface area contributed by atoms with E-state index in [9.17, 15) is 14.7 Å². The van der Waals surface area contributed by atoms with Gasteiger partial charge < -0.3 is 61.9 Å². The summed E-state index contributed by atoms with van der Waals surface area (Å²) < 4.78 is 82.4. The molecular formula is C65H80O15. The zero-order valence-electron chi connectivity index (χ0n) is 47.4. The van der Waals surface area contributed by atoms with Gasteiger partial charge in [-0.15, -0.1) is 0 Å². The third-order valence-electron chi connectivity index (χ3n) is 21.0. The fourth-order valence-corrected chi connectivity index (χ4v) is 16.4. The lowest BCUT2D eigenvalue weighted by atomic mass is 9.72. The van der Waals surface area contributed by atoms with Crippen molar-refractivity contribution >= 4 is 33.5 Å². The molecule has 3 aromatic carbocycles. The molecule has 0 amide bonds. The second-order valence-corrected chi connectivity index (χ2v) is 27.0. The van der Waals surface area contributed by atoms with Crippen LogP contribution in [-0.2, 0) is 61.6 Å². The van der Waals surface area contributed by atoms with Crippen molar-refractivity contribution in [2.45, 2.75) is 257 Å². The highest BCUT2D eigenvalue weighted by Crippen LogP contribution is 2.55. The minimum Gasteiger partial charge on any atom is -0.458 e. The molecule has 3 aromatic rings. The van der Waals surface area contributed by atoms with Crippen molar-refractivity contribution < 1.29 is 71.5 Å². The predicted octanol–water partition coefficient (Wildman–Crippen LogP) is 9.44. The molecule has 15 heteroatoms. The minimum atomic E-state index is -0.963. The summed E-state index contributed by atoms with van der Waals surface area (Å²) in [6, 6.07) is 17.9. The Balaban J connectivity index is 0.610. The third-order valence-corrected chi connectivity index (χ3v) is 21.0. The van der Waals surface area contributed by atoms with Crippen LogP contribution in [0.25, 0.3) is 21.5 Å². The Kier molecular flexibility index (Phi) is 13.3. The van der Waals surface area contributed by atoms with E-state index in [0.29, 0.717) is 68.9 Å². The van der Waals surface area contributed by atoms with Crippen molar-refractivity contribution in [3.05, 3.63) is 96.1 Å². The molecule has 14 rings (SSSR count). The zero-order chi connectivity index (χ0) is 55.3. The maximum absolute atomic E-state index is 13.5. The molecular weight excluding hydrogens is 1020 g/mol. The molecule has 23 unspecified atom stereocenters. The number of ether oxygens (including phenoxy) is 12. The lowest BCUT2D eigenvalue weighted by Gasteiger charge is -2.60. The second kappa shape index (κ2) is 19.8. The highest BCUT2D eigenvalue weighted by molar-refractivity contribution is 6.09. The largest absolute Gasteiger partial charge is 0.458 e. The van der Waals surface area contributed by atoms with E-state index in [-0.39, 0.29) is 110 Å². The molecule has 0 bridgehead atoms. The molecule has 80 heavy (non-hydrogen) atoms. The van der Waals surface area contributed by atoms with Gasteiger partial charge in [0, 0.05) is 51.0 Å². The van der Waals surface area contributed by atoms with Gasteiger partial charge >= 0.3 is 11.9 Å². The summed E-state index contributed by atoms with van der Waals surface area (Å²) in [5, 5.41) is 15.9. The van der Waals surface area contributed by atoms with E-state index in [1.807, 2.05) is 50.2 Å². The van der Waals surface area contributed by atoms with Crippen molar-refractivity contribution in [3.63, 3.8) is 0 Å². The number of esters is 2. The van der Waals surface area contributed by atoms with Crippen molar-refractivity contribution in [3.8, 4) is 0 Å². The van der Waals surface area contributed by atoms with Gasteiger partial charge in [0.2, 0.25) is 0 Å². The molecule has 0 aliphatic carbocycles. The average Bonchev–Trinajstić information content (AvgIpc) is 3.24. The summed E-state index contributed by atoms with van der Waals surface area (Å²) in [4.78, 5) is 25.8. The Bertz CT molecular complexity index is 3010. The van der Waals surface area contributed by atoms with Crippen molar-refractivity contribution in [2.24, 2.45) is 5.92 Å². The predicted molar refractivity (Wildman–Crippen MR) is 294 cm³/mol. The molecule has 430 valence electrons. The van der Waals surface area contributed by atoms with E-state index in [2.05, 4.69) is 65.5 Å². The first-order valence-electron chi connectivity index (χ1n) is 29.9. The number of fused-ring (bicyclic) bond motifs is 12. The van der Waals surface area contributed by atoms with E-state index in [1.165, 1.54) is 0 Å². The molecule has 11 aliphatic rings. The number of aliphatic hydroxyl groups excluding tert-OH is 1. The maximum Gasteiger partial charge on any atom is 0.339 e. The van der Waals surface area contributed by atoms with E-state index in [1.54, 1.807) is 12.1 Å². The molecule has 11 heterocycles. The first-order chi connectivity index (χ1) is 38.2. The first kappa shape index (κ1) is 53.9. The summed E-state index contributed by atoms with van der Waals surface area (Å²) in [5.41, 5.74) is -1.33. The van der Waals surface area contributed by atoms with E-state index in [0.717, 1.165) is 46.4 Å². The average molecular weight is 1100 g/mol. The number of hydrogen-bond acceptors (Lipinski definition) is 15. The summed E-state index contributed by atoms with van der Waals surface area (Å²) in [6.45, 7) is 19.2. The molecule has 9 saturated heterocycles. The molecule has 11 aliphatic heterocycles. The Hall–Kier alpha value is -4.10. The molecule has 0 aromatic heterocycles. The van der Waals surface area contributed by atoms with Gasteiger partial charge in [-0.25, -0.2) is 9.59 Å². The molecule has 23 atom stereocenters. The monoisotopic (exact) mass is 1100 g/mol. The molecule has 0 spiro atoms. The summed E-state index contributed by atoms with van der Waals surface area (Å²) >= 11 is 0. The van der Waals surface area contributed by atoms with Crippen molar-refractivity contribution in [2.75, 3.05) is 6.61 Å². The zero-order valence-corrected chi connectivity index (χ0v) is 47.4. The van der Waals surface area contributed by atoms with Crippen LogP contribution < -0.4 is 0 Å². The Morgan fingerprint density at radius 3 is 2.29 bits per heavy atom. The van der Waals surface area contributed by atoms with Gasteiger partial charge in [0.15, 0.2) is 0 Å². The Morgan fingerprint density at radius 2 is 1.45 bits per heavy atom. The standard InChI is InChI=1S/C65H80O15/c1-34(33-69-60(68)41-16-11-15-39-24-37-13-9-10-14-38(37)25-42(39)41)21-40-26-51(66)65(8)55(70-40)28-47-48(77-65)27-46-43(71-47)17-12-19-61(4)56(74-46)32-64(7)54(78-61)30-53-62(5,80-64)20-18-44-58(76-53)35(2)22-45-50(72-44)31-63(6)52(73-45)29-49-59(79-63)36(3)23-57(67)75-49/h9-17,23-25,35,40,43-56,58-59,66H,1,18-22,26-33H2,2-8H3/b17-12-. The van der Waals surface area contributed by atoms with Gasteiger partial charge in [0.25, 0.3) is 0 Å². The summed E-state index contributed by atoms with van der Waals surface area (Å²) in [5.74, 6) is -0.568. The van der Waals surface area contributed by atoms with E-state index < -0.39 is 46.2 Å². The van der Waals surface area contributed by atoms with Crippen LogP contribution in [0.15, 0.2) is 90.6 Å². The second-order valence-electron chi connectivity index (χ2n) is 27.0. The topological polar surface area (TPSA) is 165 Å². The number of benzene rings is 3. The quantitative estimate of drug-likeness (QED) is 0.146. The molecule has 9 fully saturated rings. The van der Waals surface area contributed by atoms with Crippen molar-refractivity contribution in [1.82, 2.24) is 0 Å². The summed E-state index contributed by atoms with van der Waals surface area (Å²) in [6.07, 6.45) is 8.34. The normalized spacial score (nSPS) is 48.0. The number of hydrogen-bond donors (Lipinski definition) is 1. The van der Waals surface area contributed by atoms with Gasteiger partial charge in [-0.2, -0.15) is 0 Å². The first-order valence-corrected chi connectivity index (χ1v) is 29.9. The van der Waals surface area contributed by atoms with Crippen LogP contribution in [0, 0.1) is 5.92 Å². The highest BCUT2D eigenvalue weighted by atomic mass is 16.7. The van der Waals surface area contributed by atoms with Crippen LogP contribution in [0.5, 0.6) is 0 Å². The lowest BCUT2D eigenvalue weighted by molar-refractivity contribution is -0.356. The van der Waals surface area contributed by atoms with Crippen molar-refractivity contribution in [1.29, 1.82) is 0 Å².